The van der Waals surface area contributed by atoms with Gasteiger partial charge in [0, 0.05) is 32.1 Å². The summed E-state index contributed by atoms with van der Waals surface area (Å²) >= 11 is 0. The smallest absolute Gasteiger partial charge is 0.243 e. The van der Waals surface area contributed by atoms with Crippen molar-refractivity contribution >= 4 is 15.9 Å². The summed E-state index contributed by atoms with van der Waals surface area (Å²) in [7, 11) is -3.82. The molecule has 1 aromatic heterocycles. The molecule has 0 saturated carbocycles. The number of rotatable bonds is 6. The van der Waals surface area contributed by atoms with Gasteiger partial charge in [-0.25, -0.2) is 8.42 Å². The highest BCUT2D eigenvalue weighted by Gasteiger charge is 2.34. The van der Waals surface area contributed by atoms with Gasteiger partial charge in [0.15, 0.2) is 11.5 Å². The topological polar surface area (TPSA) is 124 Å². The predicted octanol–water partition coefficient (Wildman–Crippen LogP) is 2.80. The third-order valence-corrected chi connectivity index (χ3v) is 8.26. The van der Waals surface area contributed by atoms with Crippen molar-refractivity contribution in [3.05, 3.63) is 53.4 Å². The van der Waals surface area contributed by atoms with Crippen molar-refractivity contribution in [2.24, 2.45) is 5.92 Å². The number of piperidine rings is 1. The maximum absolute atomic E-state index is 13.6. The van der Waals surface area contributed by atoms with E-state index in [4.69, 9.17) is 14.0 Å². The second-order valence-corrected chi connectivity index (χ2v) is 10.6. The molecule has 0 radical (unpaired) electrons. The predicted molar refractivity (Wildman–Crippen MR) is 125 cm³/mol. The van der Waals surface area contributed by atoms with Crippen LogP contribution in [0.4, 0.5) is 0 Å². The molecule has 1 atom stereocenters. The highest BCUT2D eigenvalue weighted by molar-refractivity contribution is 7.89. The van der Waals surface area contributed by atoms with Crippen LogP contribution in [0.2, 0.25) is 0 Å². The summed E-state index contributed by atoms with van der Waals surface area (Å²) in [5, 5.41) is 6.82. The lowest BCUT2D eigenvalue weighted by molar-refractivity contribution is -0.126. The number of hydrogen-bond acceptors (Lipinski definition) is 8. The first-order valence-electron chi connectivity index (χ1n) is 11.4. The Morgan fingerprint density at radius 2 is 1.97 bits per heavy atom. The van der Waals surface area contributed by atoms with Crippen LogP contribution in [0.15, 0.2) is 45.8 Å². The Morgan fingerprint density at radius 1 is 1.14 bits per heavy atom. The van der Waals surface area contributed by atoms with Crippen LogP contribution in [0.5, 0.6) is 11.5 Å². The van der Waals surface area contributed by atoms with Gasteiger partial charge in [-0.15, -0.1) is 0 Å². The molecule has 1 amide bonds. The van der Waals surface area contributed by atoms with Gasteiger partial charge in [0.1, 0.15) is 0 Å². The van der Waals surface area contributed by atoms with Crippen LogP contribution < -0.4 is 14.8 Å². The first-order chi connectivity index (χ1) is 16.8. The summed E-state index contributed by atoms with van der Waals surface area (Å²) in [4.78, 5) is 17.3. The minimum absolute atomic E-state index is 0.125. The average Bonchev–Trinajstić information content (AvgIpc) is 3.51. The molecule has 1 saturated heterocycles. The number of nitrogens with zero attached hydrogens (tertiary/aromatic N) is 3. The molecule has 11 heteroatoms. The number of hydrogen-bond donors (Lipinski definition) is 1. The SMILES string of the molecule is Cc1nc(-c2ccc(C)c(S(=O)(=O)N3CCCC(C(=O)NCc4ccc5c(c4)OCO5)C3)c2)no1. The summed E-state index contributed by atoms with van der Waals surface area (Å²) in [5.74, 6) is 1.46. The molecule has 0 aliphatic carbocycles. The molecule has 3 heterocycles. The standard InChI is InChI=1S/C24H26N4O6S/c1-15-5-7-18(23-26-16(2)34-27-23)11-22(15)35(30,31)28-9-3-4-19(13-28)24(29)25-12-17-6-8-20-21(10-17)33-14-32-20/h5-8,10-11,19H,3-4,9,12-14H2,1-2H3,(H,25,29). The number of carbonyl (C=O) groups excluding carboxylic acids is 1. The van der Waals surface area contributed by atoms with E-state index in [1.54, 1.807) is 32.0 Å². The van der Waals surface area contributed by atoms with Gasteiger partial charge in [0.25, 0.3) is 0 Å². The van der Waals surface area contributed by atoms with Crippen LogP contribution in [0, 0.1) is 19.8 Å². The summed E-state index contributed by atoms with van der Waals surface area (Å²) in [6, 6.07) is 10.6. The molecule has 2 aliphatic rings. The molecule has 1 N–H and O–H groups in total. The Labute approximate surface area is 203 Å². The molecule has 5 rings (SSSR count). The van der Waals surface area contributed by atoms with Crippen molar-refractivity contribution in [3.8, 4) is 22.9 Å². The molecule has 10 nitrogen and oxygen atoms in total. The highest BCUT2D eigenvalue weighted by Crippen LogP contribution is 2.33. The van der Waals surface area contributed by atoms with E-state index in [2.05, 4.69) is 15.5 Å². The lowest BCUT2D eigenvalue weighted by atomic mass is 9.98. The molecular formula is C24H26N4O6S. The number of sulfonamides is 1. The van der Waals surface area contributed by atoms with E-state index in [0.29, 0.717) is 60.3 Å². The van der Waals surface area contributed by atoms with Crippen LogP contribution in [0.3, 0.4) is 0 Å². The van der Waals surface area contributed by atoms with E-state index in [0.717, 1.165) is 5.56 Å². The molecule has 2 aromatic carbocycles. The summed E-state index contributed by atoms with van der Waals surface area (Å²) in [5.41, 5.74) is 2.05. The van der Waals surface area contributed by atoms with E-state index in [1.165, 1.54) is 4.31 Å². The molecule has 0 bridgehead atoms. The fourth-order valence-electron chi connectivity index (χ4n) is 4.33. The van der Waals surface area contributed by atoms with Crippen molar-refractivity contribution < 1.29 is 27.2 Å². The number of aryl methyl sites for hydroxylation is 2. The van der Waals surface area contributed by atoms with Crippen molar-refractivity contribution in [3.63, 3.8) is 0 Å². The molecule has 2 aliphatic heterocycles. The quantitative estimate of drug-likeness (QED) is 0.550. The molecule has 1 fully saturated rings. The van der Waals surface area contributed by atoms with Gasteiger partial charge < -0.3 is 19.3 Å². The van der Waals surface area contributed by atoms with Gasteiger partial charge >= 0.3 is 0 Å². The fourth-order valence-corrected chi connectivity index (χ4v) is 6.11. The Bertz CT molecular complexity index is 1370. The number of fused-ring (bicyclic) bond motifs is 1. The number of benzene rings is 2. The monoisotopic (exact) mass is 498 g/mol. The third kappa shape index (κ3) is 4.73. The minimum atomic E-state index is -3.82. The Balaban J connectivity index is 1.28. The van der Waals surface area contributed by atoms with Crippen LogP contribution in [0.1, 0.15) is 29.9 Å². The average molecular weight is 499 g/mol. The molecule has 184 valence electrons. The van der Waals surface area contributed by atoms with Gasteiger partial charge in [0.2, 0.25) is 34.4 Å². The normalized spacial score (nSPS) is 17.9. The van der Waals surface area contributed by atoms with E-state index in [1.807, 2.05) is 18.2 Å². The van der Waals surface area contributed by atoms with Crippen molar-refractivity contribution in [2.45, 2.75) is 38.1 Å². The largest absolute Gasteiger partial charge is 0.454 e. The lowest BCUT2D eigenvalue weighted by Gasteiger charge is -2.31. The number of amides is 1. The van der Waals surface area contributed by atoms with E-state index in [9.17, 15) is 13.2 Å². The molecule has 35 heavy (non-hydrogen) atoms. The number of aromatic nitrogens is 2. The van der Waals surface area contributed by atoms with Gasteiger partial charge in [-0.05, 0) is 49.1 Å². The van der Waals surface area contributed by atoms with Gasteiger partial charge in [-0.2, -0.15) is 9.29 Å². The molecule has 3 aromatic rings. The van der Waals surface area contributed by atoms with Gasteiger partial charge in [-0.3, -0.25) is 4.79 Å². The fraction of sp³-hybridized carbons (Fsp3) is 0.375. The summed E-state index contributed by atoms with van der Waals surface area (Å²) < 4.78 is 44.2. The zero-order valence-electron chi connectivity index (χ0n) is 19.5. The molecule has 1 unspecified atom stereocenters. The zero-order chi connectivity index (χ0) is 24.6. The maximum atomic E-state index is 13.6. The van der Waals surface area contributed by atoms with Gasteiger partial charge in [-0.1, -0.05) is 23.4 Å². The van der Waals surface area contributed by atoms with E-state index in [-0.39, 0.29) is 24.1 Å². The Hall–Kier alpha value is -3.44. The second kappa shape index (κ2) is 9.31. The highest BCUT2D eigenvalue weighted by atomic mass is 32.2. The zero-order valence-corrected chi connectivity index (χ0v) is 20.3. The lowest BCUT2D eigenvalue weighted by Crippen LogP contribution is -2.45. The van der Waals surface area contributed by atoms with Crippen LogP contribution in [0.25, 0.3) is 11.4 Å². The van der Waals surface area contributed by atoms with Crippen LogP contribution in [-0.4, -0.2) is 48.7 Å². The van der Waals surface area contributed by atoms with Crippen LogP contribution in [-0.2, 0) is 21.4 Å². The second-order valence-electron chi connectivity index (χ2n) is 8.72. The number of carbonyl (C=O) groups is 1. The third-order valence-electron chi connectivity index (χ3n) is 6.25. The van der Waals surface area contributed by atoms with E-state index < -0.39 is 15.9 Å². The minimum Gasteiger partial charge on any atom is -0.454 e. The van der Waals surface area contributed by atoms with Crippen LogP contribution >= 0.6 is 0 Å². The summed E-state index contributed by atoms with van der Waals surface area (Å²) in [6.45, 7) is 4.42. The first kappa shape index (κ1) is 23.3. The van der Waals surface area contributed by atoms with Gasteiger partial charge in [0.05, 0.1) is 10.8 Å². The molecule has 0 spiro atoms. The van der Waals surface area contributed by atoms with Crippen molar-refractivity contribution in [1.82, 2.24) is 19.8 Å². The summed E-state index contributed by atoms with van der Waals surface area (Å²) in [6.07, 6.45) is 1.23. The Morgan fingerprint density at radius 3 is 2.77 bits per heavy atom. The first-order valence-corrected chi connectivity index (χ1v) is 12.8. The Kier molecular flexibility index (Phi) is 6.20. The number of nitrogens with one attached hydrogen (secondary N) is 1. The maximum Gasteiger partial charge on any atom is 0.243 e. The molecular weight excluding hydrogens is 472 g/mol. The number of ether oxygens (including phenoxy) is 2. The van der Waals surface area contributed by atoms with E-state index >= 15 is 0 Å². The van der Waals surface area contributed by atoms with Crippen molar-refractivity contribution in [1.29, 1.82) is 0 Å². The van der Waals surface area contributed by atoms with Crippen molar-refractivity contribution in [2.75, 3.05) is 19.9 Å².